The zero-order valence-electron chi connectivity index (χ0n) is 21.4. The van der Waals surface area contributed by atoms with Gasteiger partial charge < -0.3 is 24.2 Å². The molecule has 1 amide bonds. The number of fused-ring (bicyclic) bond motifs is 1. The summed E-state index contributed by atoms with van der Waals surface area (Å²) in [4.78, 5) is 20.1. The molecule has 1 saturated heterocycles. The molecule has 0 aliphatic carbocycles. The van der Waals surface area contributed by atoms with Crippen molar-refractivity contribution in [2.45, 2.75) is 32.9 Å². The third kappa shape index (κ3) is 5.27. The number of rotatable bonds is 6. The first-order chi connectivity index (χ1) is 17.5. The molecular formula is C30H35N3O3. The minimum Gasteiger partial charge on any atom is -0.497 e. The van der Waals surface area contributed by atoms with E-state index in [1.54, 1.807) is 7.11 Å². The normalized spacial score (nSPS) is 17.4. The first-order valence-electron chi connectivity index (χ1n) is 12.7. The fourth-order valence-corrected chi connectivity index (χ4v) is 5.07. The Bertz CT molecular complexity index is 1200. The van der Waals surface area contributed by atoms with Crippen molar-refractivity contribution >= 4 is 17.3 Å². The summed E-state index contributed by atoms with van der Waals surface area (Å²) in [6, 6.07) is 23.1. The molecule has 6 nitrogen and oxygen atoms in total. The van der Waals surface area contributed by atoms with Crippen molar-refractivity contribution in [2.75, 3.05) is 49.7 Å². The van der Waals surface area contributed by atoms with Crippen LogP contribution in [0.1, 0.15) is 23.1 Å². The molecule has 0 N–H and O–H groups in total. The first kappa shape index (κ1) is 24.0. The van der Waals surface area contributed by atoms with Crippen LogP contribution in [0.2, 0.25) is 0 Å². The Hall–Kier alpha value is -3.67. The smallest absolute Gasteiger partial charge is 0.224 e. The third-order valence-corrected chi connectivity index (χ3v) is 7.23. The van der Waals surface area contributed by atoms with E-state index >= 15 is 0 Å². The number of methoxy groups -OCH3 is 1. The lowest BCUT2D eigenvalue weighted by molar-refractivity contribution is -0.132. The maximum Gasteiger partial charge on any atom is 0.224 e. The predicted octanol–water partition coefficient (Wildman–Crippen LogP) is 4.82. The van der Waals surface area contributed by atoms with E-state index in [-0.39, 0.29) is 11.9 Å². The standard InChI is InChI=1S/C30H35N3O3/c1-22-7-10-24(11-8-22)20-33-26(21-36-29-17-23(2)9-12-28(29)33)19-30(34)32-15-13-31(14-16-32)25-5-4-6-27(18-25)35-3/h4-12,17-18,26H,13-16,19-21H2,1-3H3. The molecule has 1 fully saturated rings. The zero-order valence-corrected chi connectivity index (χ0v) is 21.4. The van der Waals surface area contributed by atoms with Gasteiger partial charge in [0.05, 0.1) is 25.3 Å². The lowest BCUT2D eigenvalue weighted by Gasteiger charge is -2.41. The molecule has 0 bridgehead atoms. The highest BCUT2D eigenvalue weighted by molar-refractivity contribution is 5.78. The Kier molecular flexibility index (Phi) is 7.03. The third-order valence-electron chi connectivity index (χ3n) is 7.23. The van der Waals surface area contributed by atoms with Crippen LogP contribution in [-0.4, -0.2) is 56.7 Å². The van der Waals surface area contributed by atoms with Crippen molar-refractivity contribution in [1.82, 2.24) is 4.90 Å². The summed E-state index contributed by atoms with van der Waals surface area (Å²) < 4.78 is 11.5. The molecule has 36 heavy (non-hydrogen) atoms. The number of anilines is 2. The van der Waals surface area contributed by atoms with E-state index in [0.717, 1.165) is 55.6 Å². The summed E-state index contributed by atoms with van der Waals surface area (Å²) in [5, 5.41) is 0. The summed E-state index contributed by atoms with van der Waals surface area (Å²) in [7, 11) is 1.69. The molecule has 0 saturated carbocycles. The molecular weight excluding hydrogens is 450 g/mol. The Balaban J connectivity index is 1.27. The highest BCUT2D eigenvalue weighted by Gasteiger charge is 2.32. The van der Waals surface area contributed by atoms with Gasteiger partial charge in [0.1, 0.15) is 18.1 Å². The molecule has 3 aromatic carbocycles. The van der Waals surface area contributed by atoms with E-state index in [9.17, 15) is 4.79 Å². The summed E-state index contributed by atoms with van der Waals surface area (Å²) in [5.74, 6) is 1.95. The van der Waals surface area contributed by atoms with E-state index in [0.29, 0.717) is 13.0 Å². The second-order valence-corrected chi connectivity index (χ2v) is 9.82. The van der Waals surface area contributed by atoms with Gasteiger partial charge in [-0.2, -0.15) is 0 Å². The average molecular weight is 486 g/mol. The van der Waals surface area contributed by atoms with Crippen LogP contribution < -0.4 is 19.3 Å². The Morgan fingerprint density at radius 3 is 2.44 bits per heavy atom. The van der Waals surface area contributed by atoms with Gasteiger partial charge in [0.2, 0.25) is 5.91 Å². The summed E-state index contributed by atoms with van der Waals surface area (Å²) in [6.07, 6.45) is 0.443. The topological polar surface area (TPSA) is 45.3 Å². The van der Waals surface area contributed by atoms with Crippen LogP contribution in [0.4, 0.5) is 11.4 Å². The van der Waals surface area contributed by atoms with Crippen molar-refractivity contribution in [2.24, 2.45) is 0 Å². The minimum atomic E-state index is -0.00887. The number of carbonyl (C=O) groups excluding carboxylic acids is 1. The molecule has 1 unspecified atom stereocenters. The van der Waals surface area contributed by atoms with Gasteiger partial charge in [-0.3, -0.25) is 4.79 Å². The second-order valence-electron chi connectivity index (χ2n) is 9.82. The zero-order chi connectivity index (χ0) is 25.1. The number of carbonyl (C=O) groups is 1. The van der Waals surface area contributed by atoms with E-state index in [1.165, 1.54) is 16.7 Å². The van der Waals surface area contributed by atoms with E-state index in [4.69, 9.17) is 9.47 Å². The molecule has 0 spiro atoms. The van der Waals surface area contributed by atoms with Crippen LogP contribution in [0.25, 0.3) is 0 Å². The fourth-order valence-electron chi connectivity index (χ4n) is 5.07. The molecule has 5 rings (SSSR count). The van der Waals surface area contributed by atoms with Crippen molar-refractivity contribution < 1.29 is 14.3 Å². The van der Waals surface area contributed by atoms with Crippen LogP contribution in [0.15, 0.2) is 66.7 Å². The number of hydrogen-bond acceptors (Lipinski definition) is 5. The molecule has 2 aliphatic rings. The van der Waals surface area contributed by atoms with Crippen molar-refractivity contribution in [3.05, 3.63) is 83.4 Å². The van der Waals surface area contributed by atoms with Crippen molar-refractivity contribution in [1.29, 1.82) is 0 Å². The highest BCUT2D eigenvalue weighted by Crippen LogP contribution is 2.37. The molecule has 1 atom stereocenters. The number of aryl methyl sites for hydroxylation is 2. The highest BCUT2D eigenvalue weighted by atomic mass is 16.5. The first-order valence-corrected chi connectivity index (χ1v) is 12.7. The number of amides is 1. The molecule has 3 aromatic rings. The monoisotopic (exact) mass is 485 g/mol. The van der Waals surface area contributed by atoms with Crippen LogP contribution >= 0.6 is 0 Å². The maximum atomic E-state index is 13.4. The maximum absolute atomic E-state index is 13.4. The summed E-state index contributed by atoms with van der Waals surface area (Å²) in [5.41, 5.74) is 5.86. The molecule has 2 heterocycles. The van der Waals surface area contributed by atoms with Gasteiger partial charge in [0.15, 0.2) is 0 Å². The van der Waals surface area contributed by atoms with Gasteiger partial charge in [-0.05, 0) is 49.2 Å². The van der Waals surface area contributed by atoms with E-state index < -0.39 is 0 Å². The van der Waals surface area contributed by atoms with Crippen LogP contribution in [-0.2, 0) is 11.3 Å². The van der Waals surface area contributed by atoms with Gasteiger partial charge >= 0.3 is 0 Å². The lowest BCUT2D eigenvalue weighted by Crippen LogP contribution is -2.51. The van der Waals surface area contributed by atoms with Crippen LogP contribution in [0, 0.1) is 13.8 Å². The molecule has 0 radical (unpaired) electrons. The summed E-state index contributed by atoms with van der Waals surface area (Å²) in [6.45, 7) is 8.51. The predicted molar refractivity (Wildman–Crippen MR) is 144 cm³/mol. The largest absolute Gasteiger partial charge is 0.497 e. The Morgan fingerprint density at radius 2 is 1.69 bits per heavy atom. The van der Waals surface area contributed by atoms with Crippen LogP contribution in [0.5, 0.6) is 11.5 Å². The van der Waals surface area contributed by atoms with Crippen LogP contribution in [0.3, 0.4) is 0 Å². The van der Waals surface area contributed by atoms with Gasteiger partial charge in [-0.15, -0.1) is 0 Å². The van der Waals surface area contributed by atoms with Gasteiger partial charge in [0.25, 0.3) is 0 Å². The van der Waals surface area contributed by atoms with E-state index in [1.807, 2.05) is 17.0 Å². The molecule has 0 aromatic heterocycles. The fraction of sp³-hybridized carbons (Fsp3) is 0.367. The van der Waals surface area contributed by atoms with Crippen molar-refractivity contribution in [3.8, 4) is 11.5 Å². The Morgan fingerprint density at radius 1 is 0.944 bits per heavy atom. The molecule has 188 valence electrons. The second kappa shape index (κ2) is 10.5. The molecule has 2 aliphatic heterocycles. The quantitative estimate of drug-likeness (QED) is 0.501. The number of hydrogen-bond donors (Lipinski definition) is 0. The van der Waals surface area contributed by atoms with Crippen molar-refractivity contribution in [3.63, 3.8) is 0 Å². The van der Waals surface area contributed by atoms with Gasteiger partial charge in [-0.25, -0.2) is 0 Å². The molecule has 6 heteroatoms. The van der Waals surface area contributed by atoms with Gasteiger partial charge in [0, 0.05) is 44.5 Å². The summed E-state index contributed by atoms with van der Waals surface area (Å²) >= 11 is 0. The number of benzene rings is 3. The Labute approximate surface area is 214 Å². The van der Waals surface area contributed by atoms with Gasteiger partial charge in [-0.1, -0.05) is 42.0 Å². The van der Waals surface area contributed by atoms with E-state index in [2.05, 4.69) is 78.2 Å². The number of ether oxygens (including phenoxy) is 2. The minimum absolute atomic E-state index is 0.00887. The number of piperazine rings is 1. The SMILES string of the molecule is COc1cccc(N2CCN(C(=O)CC3COc4cc(C)ccc4N3Cc3ccc(C)cc3)CC2)c1. The average Bonchev–Trinajstić information content (AvgIpc) is 2.91. The lowest BCUT2D eigenvalue weighted by atomic mass is 10.0. The number of nitrogens with zero attached hydrogens (tertiary/aromatic N) is 3.